The number of aliphatic hydroxyl groups is 2. The minimum Gasteiger partial charge on any atom is -0.482 e. The zero-order chi connectivity index (χ0) is 27.1. The van der Waals surface area contributed by atoms with Gasteiger partial charge in [-0.2, -0.15) is 0 Å². The van der Waals surface area contributed by atoms with Crippen molar-refractivity contribution in [1.29, 1.82) is 0 Å². The smallest absolute Gasteiger partial charge is 0.344 e. The van der Waals surface area contributed by atoms with Crippen LogP contribution < -0.4 is 4.74 Å². The summed E-state index contributed by atoms with van der Waals surface area (Å²) in [6.07, 6.45) is 11.4. The topological polar surface area (TPSA) is 76.0 Å². The minimum absolute atomic E-state index is 0.0140. The summed E-state index contributed by atoms with van der Waals surface area (Å²) in [5.74, 6) is 2.28. The number of aliphatic hydroxyl groups excluding tert-OH is 2. The number of hydrogen-bond donors (Lipinski definition) is 2. The fourth-order valence-electron chi connectivity index (χ4n) is 8.74. The molecule has 0 aromatic heterocycles. The van der Waals surface area contributed by atoms with Crippen molar-refractivity contribution in [2.24, 2.45) is 34.5 Å². The van der Waals surface area contributed by atoms with Gasteiger partial charge >= 0.3 is 5.97 Å². The lowest BCUT2D eigenvalue weighted by Crippen LogP contribution is -2.39. The number of rotatable bonds is 11. The number of esters is 1. The summed E-state index contributed by atoms with van der Waals surface area (Å²) in [5, 5.41) is 21.4. The number of carbonyl (C=O) groups is 1. The van der Waals surface area contributed by atoms with Crippen LogP contribution in [0.3, 0.4) is 0 Å². The first-order chi connectivity index (χ1) is 18.1. The van der Waals surface area contributed by atoms with Gasteiger partial charge in [-0.1, -0.05) is 59.1 Å². The Bertz CT molecular complexity index is 988. The zero-order valence-corrected chi connectivity index (χ0v) is 24.1. The fourth-order valence-corrected chi connectivity index (χ4v) is 8.74. The second-order valence-electron chi connectivity index (χ2n) is 13.8. The van der Waals surface area contributed by atoms with E-state index in [1.807, 2.05) is 12.1 Å². The third kappa shape index (κ3) is 5.14. The second-order valence-corrected chi connectivity index (χ2v) is 13.8. The predicted molar refractivity (Wildman–Crippen MR) is 149 cm³/mol. The van der Waals surface area contributed by atoms with Crippen LogP contribution in [0.1, 0.15) is 103 Å². The highest BCUT2D eigenvalue weighted by molar-refractivity contribution is 5.71. The number of hydrogen-bond acceptors (Lipinski definition) is 5. The van der Waals surface area contributed by atoms with Gasteiger partial charge < -0.3 is 19.7 Å². The van der Waals surface area contributed by atoms with Gasteiger partial charge in [-0.25, -0.2) is 4.79 Å². The van der Waals surface area contributed by atoms with Crippen molar-refractivity contribution in [2.45, 2.75) is 123 Å². The first kappa shape index (κ1) is 28.0. The summed E-state index contributed by atoms with van der Waals surface area (Å²) in [7, 11) is 0. The molecule has 1 aromatic carbocycles. The number of unbranched alkanes of at least 4 members (excludes halogenated alkanes) is 2. The standard InChI is InChI=1S/C33H50O5/c1-5-6-7-10-24(34)12-13-25-26-16-21-9-8-11-29(27(21)17-22(26)18-28(25)35)37-20-31(36)38-30-19-23-14-15-33(30,4)32(23,2)3/h8-9,11,22-26,28,30,34-35H,5-7,10,12-20H2,1-4H3. The van der Waals surface area contributed by atoms with Crippen LogP contribution in [-0.2, 0) is 22.4 Å². The first-order valence-electron chi connectivity index (χ1n) is 15.4. The van der Waals surface area contributed by atoms with E-state index < -0.39 is 0 Å². The van der Waals surface area contributed by atoms with Gasteiger partial charge in [-0.3, -0.25) is 0 Å². The zero-order valence-electron chi connectivity index (χ0n) is 24.1. The quantitative estimate of drug-likeness (QED) is 0.263. The average molecular weight is 527 g/mol. The summed E-state index contributed by atoms with van der Waals surface area (Å²) >= 11 is 0. The van der Waals surface area contributed by atoms with E-state index in [2.05, 4.69) is 33.8 Å². The lowest BCUT2D eigenvalue weighted by Gasteiger charge is -2.38. The molecule has 0 spiro atoms. The summed E-state index contributed by atoms with van der Waals surface area (Å²) in [5.41, 5.74) is 2.74. The third-order valence-corrected chi connectivity index (χ3v) is 11.7. The number of ether oxygens (including phenoxy) is 2. The van der Waals surface area contributed by atoms with E-state index in [1.54, 1.807) is 0 Å². The molecule has 4 aliphatic carbocycles. The molecular weight excluding hydrogens is 476 g/mol. The molecule has 0 amide bonds. The summed E-state index contributed by atoms with van der Waals surface area (Å²) < 4.78 is 12.1. The fraction of sp³-hybridized carbons (Fsp3) is 0.788. The summed E-state index contributed by atoms with van der Waals surface area (Å²) in [6.45, 7) is 9.09. The maximum Gasteiger partial charge on any atom is 0.344 e. The van der Waals surface area contributed by atoms with Crippen LogP contribution in [0.5, 0.6) is 5.75 Å². The maximum absolute atomic E-state index is 12.8. The van der Waals surface area contributed by atoms with E-state index in [-0.39, 0.29) is 47.6 Å². The molecule has 2 N–H and O–H groups in total. The van der Waals surface area contributed by atoms with E-state index in [0.717, 1.165) is 63.5 Å². The highest BCUT2D eigenvalue weighted by atomic mass is 16.6. The van der Waals surface area contributed by atoms with Gasteiger partial charge in [-0.15, -0.1) is 0 Å². The number of fused-ring (bicyclic) bond motifs is 4. The van der Waals surface area contributed by atoms with Crippen LogP contribution in [0.2, 0.25) is 0 Å². The lowest BCUT2D eigenvalue weighted by atomic mass is 9.70. The van der Waals surface area contributed by atoms with Crippen molar-refractivity contribution in [3.05, 3.63) is 29.3 Å². The van der Waals surface area contributed by atoms with Crippen LogP contribution in [0.25, 0.3) is 0 Å². The van der Waals surface area contributed by atoms with Crippen LogP contribution >= 0.6 is 0 Å². The second kappa shape index (κ2) is 11.1. The molecule has 5 heteroatoms. The molecule has 5 rings (SSSR count). The molecule has 3 fully saturated rings. The van der Waals surface area contributed by atoms with Gasteiger partial charge in [0, 0.05) is 5.41 Å². The van der Waals surface area contributed by atoms with Gasteiger partial charge in [-0.05, 0) is 104 Å². The highest BCUT2D eigenvalue weighted by Crippen LogP contribution is 2.66. The molecule has 5 nitrogen and oxygen atoms in total. The van der Waals surface area contributed by atoms with Gasteiger partial charge in [0.25, 0.3) is 0 Å². The van der Waals surface area contributed by atoms with Gasteiger partial charge in [0.15, 0.2) is 6.61 Å². The van der Waals surface area contributed by atoms with Crippen molar-refractivity contribution in [1.82, 2.24) is 0 Å². The van der Waals surface area contributed by atoms with E-state index in [4.69, 9.17) is 9.47 Å². The normalized spacial score (nSPS) is 35.5. The maximum atomic E-state index is 12.8. The largest absolute Gasteiger partial charge is 0.482 e. The molecule has 0 saturated heterocycles. The van der Waals surface area contributed by atoms with E-state index in [0.29, 0.717) is 17.8 Å². The molecule has 2 bridgehead atoms. The predicted octanol–water partition coefficient (Wildman–Crippen LogP) is 6.26. The molecule has 1 aromatic rings. The van der Waals surface area contributed by atoms with Crippen LogP contribution in [0.4, 0.5) is 0 Å². The summed E-state index contributed by atoms with van der Waals surface area (Å²) in [4.78, 5) is 12.8. The first-order valence-corrected chi connectivity index (χ1v) is 15.4. The Morgan fingerprint density at radius 1 is 1.13 bits per heavy atom. The lowest BCUT2D eigenvalue weighted by molar-refractivity contribution is -0.159. The molecule has 0 radical (unpaired) electrons. The third-order valence-electron chi connectivity index (χ3n) is 11.7. The highest BCUT2D eigenvalue weighted by Gasteiger charge is 2.62. The molecule has 0 heterocycles. The Balaban J connectivity index is 1.17. The molecule has 212 valence electrons. The SMILES string of the molecule is CCCCCC(O)CCC1C(O)CC2Cc3c(cccc3OCC(=O)OC3CC4CCC3(C)C4(C)C)CC21. The Kier molecular flexibility index (Phi) is 8.18. The van der Waals surface area contributed by atoms with E-state index in [1.165, 1.54) is 30.4 Å². The molecule has 8 unspecified atom stereocenters. The van der Waals surface area contributed by atoms with Crippen molar-refractivity contribution < 1.29 is 24.5 Å². The minimum atomic E-state index is -0.297. The molecular formula is C33H50O5. The molecule has 8 atom stereocenters. The van der Waals surface area contributed by atoms with E-state index >= 15 is 0 Å². The average Bonchev–Trinajstić information content (AvgIpc) is 3.38. The Hall–Kier alpha value is -1.59. The molecule has 3 saturated carbocycles. The molecule has 4 aliphatic rings. The number of benzene rings is 1. The monoisotopic (exact) mass is 526 g/mol. The van der Waals surface area contributed by atoms with Crippen LogP contribution in [-0.4, -0.2) is 41.1 Å². The van der Waals surface area contributed by atoms with Gasteiger partial charge in [0.05, 0.1) is 12.2 Å². The van der Waals surface area contributed by atoms with E-state index in [9.17, 15) is 15.0 Å². The molecule has 0 aliphatic heterocycles. The van der Waals surface area contributed by atoms with Gasteiger partial charge in [0.2, 0.25) is 0 Å². The van der Waals surface area contributed by atoms with Crippen LogP contribution in [0, 0.1) is 34.5 Å². The van der Waals surface area contributed by atoms with Gasteiger partial charge in [0.1, 0.15) is 11.9 Å². The Morgan fingerprint density at radius 2 is 1.95 bits per heavy atom. The van der Waals surface area contributed by atoms with Crippen molar-refractivity contribution in [3.8, 4) is 5.75 Å². The molecule has 38 heavy (non-hydrogen) atoms. The Morgan fingerprint density at radius 3 is 2.66 bits per heavy atom. The summed E-state index contributed by atoms with van der Waals surface area (Å²) in [6, 6.07) is 6.18. The Labute approximate surface area is 229 Å². The van der Waals surface area contributed by atoms with Crippen molar-refractivity contribution >= 4 is 5.97 Å². The van der Waals surface area contributed by atoms with Crippen molar-refractivity contribution in [3.63, 3.8) is 0 Å². The van der Waals surface area contributed by atoms with Crippen LogP contribution in [0.15, 0.2) is 18.2 Å². The number of carbonyl (C=O) groups excluding carboxylic acids is 1. The van der Waals surface area contributed by atoms with Crippen molar-refractivity contribution in [2.75, 3.05) is 6.61 Å².